The van der Waals surface area contributed by atoms with E-state index in [1.165, 1.54) is 0 Å². The van der Waals surface area contributed by atoms with Crippen LogP contribution in [0.1, 0.15) is 26.0 Å². The molecule has 124 valence electrons. The number of aromatic nitrogens is 2. The number of hydrogen-bond acceptors (Lipinski definition) is 3. The van der Waals surface area contributed by atoms with Gasteiger partial charge in [0.05, 0.1) is 18.2 Å². The molecule has 0 fully saturated rings. The molecule has 0 aliphatic heterocycles. The quantitative estimate of drug-likeness (QED) is 0.728. The van der Waals surface area contributed by atoms with Crippen molar-refractivity contribution in [1.82, 2.24) is 15.3 Å². The molecule has 6 heteroatoms. The minimum Gasteiger partial charge on any atom is -0.379 e. The number of imidazole rings is 1. The number of hydrogen-bond donors (Lipinski definition) is 2. The number of benzene rings is 1. The second kappa shape index (κ2) is 8.70. The highest BCUT2D eigenvalue weighted by molar-refractivity contribution is 6.30. The van der Waals surface area contributed by atoms with Gasteiger partial charge in [0.15, 0.2) is 0 Å². The number of aromatic amines is 1. The van der Waals surface area contributed by atoms with E-state index in [0.717, 1.165) is 17.8 Å². The highest BCUT2D eigenvalue weighted by Crippen LogP contribution is 2.18. The third kappa shape index (κ3) is 6.04. The number of carbonyl (C=O) groups is 1. The Morgan fingerprint density at radius 3 is 2.78 bits per heavy atom. The van der Waals surface area contributed by atoms with Crippen molar-refractivity contribution in [1.29, 1.82) is 0 Å². The standard InChI is InChI=1S/C17H22ClN3O2/c1-12(2)23-9-3-8-19-16(22)10-15-11-20-17(21-15)13-4-6-14(18)7-5-13/h4-7,11-12H,3,8-10H2,1-2H3,(H,19,22)(H,20,21). The molecule has 2 aromatic rings. The summed E-state index contributed by atoms with van der Waals surface area (Å²) in [7, 11) is 0. The van der Waals surface area contributed by atoms with E-state index in [1.54, 1.807) is 6.20 Å². The van der Waals surface area contributed by atoms with Crippen LogP contribution in [0.15, 0.2) is 30.5 Å². The summed E-state index contributed by atoms with van der Waals surface area (Å²) in [6.07, 6.45) is 3.04. The molecule has 5 nitrogen and oxygen atoms in total. The molecule has 0 radical (unpaired) electrons. The SMILES string of the molecule is CC(C)OCCCNC(=O)Cc1c[nH]c(-c2ccc(Cl)cc2)n1. The summed E-state index contributed by atoms with van der Waals surface area (Å²) in [6, 6.07) is 7.40. The van der Waals surface area contributed by atoms with E-state index in [1.807, 2.05) is 38.1 Å². The lowest BCUT2D eigenvalue weighted by Crippen LogP contribution is -2.27. The van der Waals surface area contributed by atoms with Crippen LogP contribution in [-0.2, 0) is 16.0 Å². The van der Waals surface area contributed by atoms with Crippen LogP contribution >= 0.6 is 11.6 Å². The molecule has 1 heterocycles. The van der Waals surface area contributed by atoms with Gasteiger partial charge in [-0.25, -0.2) is 4.98 Å². The topological polar surface area (TPSA) is 67.0 Å². The van der Waals surface area contributed by atoms with Gasteiger partial charge in [-0.15, -0.1) is 0 Å². The van der Waals surface area contributed by atoms with Gasteiger partial charge in [-0.2, -0.15) is 0 Å². The van der Waals surface area contributed by atoms with E-state index >= 15 is 0 Å². The number of carbonyl (C=O) groups excluding carboxylic acids is 1. The van der Waals surface area contributed by atoms with Gasteiger partial charge in [-0.05, 0) is 44.5 Å². The van der Waals surface area contributed by atoms with Crippen molar-refractivity contribution in [3.05, 3.63) is 41.2 Å². The predicted molar refractivity (Wildman–Crippen MR) is 91.5 cm³/mol. The lowest BCUT2D eigenvalue weighted by Gasteiger charge is -2.07. The summed E-state index contributed by atoms with van der Waals surface area (Å²) < 4.78 is 5.42. The average Bonchev–Trinajstić information content (AvgIpc) is 2.95. The second-order valence-electron chi connectivity index (χ2n) is 5.55. The van der Waals surface area contributed by atoms with Gasteiger partial charge >= 0.3 is 0 Å². The van der Waals surface area contributed by atoms with E-state index in [0.29, 0.717) is 23.9 Å². The Bertz CT molecular complexity index is 623. The van der Waals surface area contributed by atoms with Gasteiger partial charge in [0.1, 0.15) is 5.82 Å². The van der Waals surface area contributed by atoms with Crippen molar-refractivity contribution >= 4 is 17.5 Å². The number of nitrogens with zero attached hydrogens (tertiary/aromatic N) is 1. The third-order valence-corrected chi connectivity index (χ3v) is 3.44. The van der Waals surface area contributed by atoms with Gasteiger partial charge in [0.25, 0.3) is 0 Å². The second-order valence-corrected chi connectivity index (χ2v) is 5.98. The lowest BCUT2D eigenvalue weighted by atomic mass is 10.2. The molecule has 0 bridgehead atoms. The first-order chi connectivity index (χ1) is 11.0. The van der Waals surface area contributed by atoms with Crippen LogP contribution in [-0.4, -0.2) is 35.1 Å². The molecule has 1 aromatic heterocycles. The summed E-state index contributed by atoms with van der Waals surface area (Å²) >= 11 is 5.87. The Morgan fingerprint density at radius 2 is 2.09 bits per heavy atom. The van der Waals surface area contributed by atoms with Gasteiger partial charge in [-0.1, -0.05) is 11.6 Å². The largest absolute Gasteiger partial charge is 0.379 e. The lowest BCUT2D eigenvalue weighted by molar-refractivity contribution is -0.120. The Kier molecular flexibility index (Phi) is 6.62. The Morgan fingerprint density at radius 1 is 1.35 bits per heavy atom. The predicted octanol–water partition coefficient (Wildman–Crippen LogP) is 3.20. The minimum absolute atomic E-state index is 0.0382. The zero-order valence-corrected chi connectivity index (χ0v) is 14.2. The van der Waals surface area contributed by atoms with Gasteiger partial charge in [0, 0.05) is 29.9 Å². The van der Waals surface area contributed by atoms with Crippen LogP contribution in [0.5, 0.6) is 0 Å². The van der Waals surface area contributed by atoms with Crippen molar-refractivity contribution < 1.29 is 9.53 Å². The van der Waals surface area contributed by atoms with Crippen LogP contribution in [0.4, 0.5) is 0 Å². The first-order valence-electron chi connectivity index (χ1n) is 7.73. The van der Waals surface area contributed by atoms with Crippen molar-refractivity contribution in [2.45, 2.75) is 32.8 Å². The number of halogens is 1. The summed E-state index contributed by atoms with van der Waals surface area (Å²) in [5, 5.41) is 3.55. The van der Waals surface area contributed by atoms with E-state index in [4.69, 9.17) is 16.3 Å². The first-order valence-corrected chi connectivity index (χ1v) is 8.11. The number of amides is 1. The minimum atomic E-state index is -0.0382. The number of ether oxygens (including phenoxy) is 1. The molecule has 0 unspecified atom stereocenters. The fraction of sp³-hybridized carbons (Fsp3) is 0.412. The first kappa shape index (κ1) is 17.5. The third-order valence-electron chi connectivity index (χ3n) is 3.18. The van der Waals surface area contributed by atoms with Crippen molar-refractivity contribution in [3.8, 4) is 11.4 Å². The highest BCUT2D eigenvalue weighted by atomic mass is 35.5. The van der Waals surface area contributed by atoms with Gasteiger partial charge in [0.2, 0.25) is 5.91 Å². The molecule has 2 N–H and O–H groups in total. The summed E-state index contributed by atoms with van der Waals surface area (Å²) in [5.74, 6) is 0.693. The van der Waals surface area contributed by atoms with Crippen LogP contribution in [0.3, 0.4) is 0 Å². The molecule has 0 saturated heterocycles. The van der Waals surface area contributed by atoms with E-state index < -0.39 is 0 Å². The van der Waals surface area contributed by atoms with Crippen molar-refractivity contribution in [2.75, 3.05) is 13.2 Å². The summed E-state index contributed by atoms with van der Waals surface area (Å²) in [4.78, 5) is 19.4. The van der Waals surface area contributed by atoms with Crippen molar-refractivity contribution in [3.63, 3.8) is 0 Å². The average molecular weight is 336 g/mol. The van der Waals surface area contributed by atoms with E-state index in [2.05, 4.69) is 15.3 Å². The Labute approximate surface area is 141 Å². The van der Waals surface area contributed by atoms with Crippen molar-refractivity contribution in [2.24, 2.45) is 0 Å². The fourth-order valence-corrected chi connectivity index (χ4v) is 2.18. The normalized spacial score (nSPS) is 11.0. The van der Waals surface area contributed by atoms with E-state index in [9.17, 15) is 4.79 Å². The molecule has 23 heavy (non-hydrogen) atoms. The zero-order valence-electron chi connectivity index (χ0n) is 13.4. The number of rotatable bonds is 8. The van der Waals surface area contributed by atoms with Crippen LogP contribution in [0.2, 0.25) is 5.02 Å². The fourth-order valence-electron chi connectivity index (χ4n) is 2.05. The monoisotopic (exact) mass is 335 g/mol. The van der Waals surface area contributed by atoms with Gasteiger partial charge in [-0.3, -0.25) is 4.79 Å². The molecule has 1 amide bonds. The van der Waals surface area contributed by atoms with E-state index in [-0.39, 0.29) is 18.4 Å². The molecule has 0 spiro atoms. The highest BCUT2D eigenvalue weighted by Gasteiger charge is 2.08. The molecule has 2 rings (SSSR count). The summed E-state index contributed by atoms with van der Waals surface area (Å²) in [5.41, 5.74) is 1.65. The van der Waals surface area contributed by atoms with Crippen LogP contribution in [0.25, 0.3) is 11.4 Å². The maximum absolute atomic E-state index is 11.9. The smallest absolute Gasteiger partial charge is 0.226 e. The number of nitrogens with one attached hydrogen (secondary N) is 2. The molecule has 0 atom stereocenters. The van der Waals surface area contributed by atoms with Crippen LogP contribution < -0.4 is 5.32 Å². The summed E-state index contributed by atoms with van der Waals surface area (Å²) in [6.45, 7) is 5.25. The zero-order chi connectivity index (χ0) is 16.7. The van der Waals surface area contributed by atoms with Crippen LogP contribution in [0, 0.1) is 0 Å². The molecular weight excluding hydrogens is 314 g/mol. The molecule has 0 saturated carbocycles. The molecular formula is C17H22ClN3O2. The Balaban J connectivity index is 1.77. The van der Waals surface area contributed by atoms with Gasteiger partial charge < -0.3 is 15.0 Å². The maximum atomic E-state index is 11.9. The Hall–Kier alpha value is -1.85. The molecule has 0 aliphatic carbocycles. The molecule has 0 aliphatic rings. The maximum Gasteiger partial charge on any atom is 0.226 e. The number of H-pyrrole nitrogens is 1. The molecule has 1 aromatic carbocycles.